The lowest BCUT2D eigenvalue weighted by atomic mass is 9.83. The minimum atomic E-state index is 0.563. The second-order valence-corrected chi connectivity index (χ2v) is 5.04. The molecule has 0 saturated heterocycles. The lowest BCUT2D eigenvalue weighted by Crippen LogP contribution is -2.10. The molecule has 1 aromatic carbocycles. The van der Waals surface area contributed by atoms with Crippen LogP contribution in [0.5, 0.6) is 0 Å². The van der Waals surface area contributed by atoms with Gasteiger partial charge in [-0.1, -0.05) is 38.1 Å². The first-order valence-corrected chi connectivity index (χ1v) is 6.71. The molecule has 1 atom stereocenters. The van der Waals surface area contributed by atoms with Gasteiger partial charge in [-0.2, -0.15) is 5.10 Å². The summed E-state index contributed by atoms with van der Waals surface area (Å²) in [5.74, 6) is 1.60. The van der Waals surface area contributed by atoms with Crippen molar-refractivity contribution in [3.8, 4) is 11.3 Å². The van der Waals surface area contributed by atoms with Crippen molar-refractivity contribution in [3.05, 3.63) is 35.4 Å². The van der Waals surface area contributed by atoms with E-state index in [2.05, 4.69) is 53.6 Å². The van der Waals surface area contributed by atoms with Gasteiger partial charge in [0.15, 0.2) is 5.82 Å². The summed E-state index contributed by atoms with van der Waals surface area (Å²) >= 11 is 0. The van der Waals surface area contributed by atoms with Crippen LogP contribution < -0.4 is 5.32 Å². The average molecular weight is 241 g/mol. The molecule has 3 nitrogen and oxygen atoms in total. The van der Waals surface area contributed by atoms with Gasteiger partial charge in [0.1, 0.15) is 0 Å². The zero-order valence-corrected chi connectivity index (χ0v) is 11.0. The number of H-pyrrole nitrogens is 1. The van der Waals surface area contributed by atoms with E-state index in [1.165, 1.54) is 22.4 Å². The summed E-state index contributed by atoms with van der Waals surface area (Å²) < 4.78 is 0. The molecule has 3 heteroatoms. The van der Waals surface area contributed by atoms with Crippen molar-refractivity contribution < 1.29 is 0 Å². The largest absolute Gasteiger partial charge is 0.368 e. The topological polar surface area (TPSA) is 40.7 Å². The third kappa shape index (κ3) is 1.70. The van der Waals surface area contributed by atoms with Gasteiger partial charge in [0, 0.05) is 17.7 Å². The molecule has 1 aliphatic rings. The van der Waals surface area contributed by atoms with Crippen molar-refractivity contribution in [1.29, 1.82) is 0 Å². The van der Waals surface area contributed by atoms with Crippen molar-refractivity contribution in [2.24, 2.45) is 0 Å². The molecule has 2 aromatic rings. The third-order valence-electron chi connectivity index (χ3n) is 3.68. The Kier molecular flexibility index (Phi) is 2.82. The van der Waals surface area contributed by atoms with E-state index < -0.39 is 0 Å². The number of rotatable bonds is 3. The van der Waals surface area contributed by atoms with E-state index in [4.69, 9.17) is 0 Å². The zero-order chi connectivity index (χ0) is 12.5. The van der Waals surface area contributed by atoms with Crippen molar-refractivity contribution in [2.45, 2.75) is 32.6 Å². The van der Waals surface area contributed by atoms with Gasteiger partial charge < -0.3 is 5.32 Å². The van der Waals surface area contributed by atoms with Crippen LogP contribution in [0.15, 0.2) is 24.3 Å². The third-order valence-corrected chi connectivity index (χ3v) is 3.68. The van der Waals surface area contributed by atoms with Gasteiger partial charge >= 0.3 is 0 Å². The highest BCUT2D eigenvalue weighted by atomic mass is 15.2. The van der Waals surface area contributed by atoms with Crippen LogP contribution >= 0.6 is 0 Å². The molecule has 3 rings (SSSR count). The fourth-order valence-corrected chi connectivity index (χ4v) is 2.75. The molecule has 2 N–H and O–H groups in total. The molecule has 0 saturated carbocycles. The van der Waals surface area contributed by atoms with Crippen LogP contribution in [0.3, 0.4) is 0 Å². The van der Waals surface area contributed by atoms with Gasteiger partial charge in [0.05, 0.1) is 5.69 Å². The lowest BCUT2D eigenvalue weighted by Gasteiger charge is -2.22. The zero-order valence-electron chi connectivity index (χ0n) is 11.0. The van der Waals surface area contributed by atoms with E-state index in [0.717, 1.165) is 25.2 Å². The Morgan fingerprint density at radius 3 is 3.06 bits per heavy atom. The van der Waals surface area contributed by atoms with E-state index in [-0.39, 0.29) is 0 Å². The summed E-state index contributed by atoms with van der Waals surface area (Å²) in [6.45, 7) is 5.44. The van der Waals surface area contributed by atoms with E-state index in [0.29, 0.717) is 5.92 Å². The molecule has 1 heterocycles. The molecule has 1 aromatic heterocycles. The number of nitrogens with one attached hydrogen (secondary N) is 2. The van der Waals surface area contributed by atoms with Crippen LogP contribution in [-0.2, 0) is 6.42 Å². The molecule has 94 valence electrons. The summed E-state index contributed by atoms with van der Waals surface area (Å²) in [5, 5.41) is 11.0. The first-order valence-electron chi connectivity index (χ1n) is 6.71. The second-order valence-electron chi connectivity index (χ2n) is 5.04. The molecule has 0 spiro atoms. The van der Waals surface area contributed by atoms with Gasteiger partial charge in [0.25, 0.3) is 0 Å². The second kappa shape index (κ2) is 4.48. The fraction of sp³-hybridized carbons (Fsp3) is 0.400. The maximum Gasteiger partial charge on any atom is 0.151 e. The summed E-state index contributed by atoms with van der Waals surface area (Å²) in [6.07, 6.45) is 2.18. The highest BCUT2D eigenvalue weighted by molar-refractivity contribution is 5.74. The maximum atomic E-state index is 4.43. The van der Waals surface area contributed by atoms with Crippen LogP contribution in [0.4, 0.5) is 5.82 Å². The van der Waals surface area contributed by atoms with Crippen LogP contribution in [-0.4, -0.2) is 16.7 Å². The summed E-state index contributed by atoms with van der Waals surface area (Å²) in [5.41, 5.74) is 5.27. The molecule has 0 fully saturated rings. The normalized spacial score (nSPS) is 17.1. The Morgan fingerprint density at radius 2 is 2.22 bits per heavy atom. The predicted molar refractivity (Wildman–Crippen MR) is 74.9 cm³/mol. The number of benzene rings is 1. The van der Waals surface area contributed by atoms with Crippen molar-refractivity contribution in [1.82, 2.24) is 10.2 Å². The van der Waals surface area contributed by atoms with Crippen molar-refractivity contribution in [3.63, 3.8) is 0 Å². The smallest absolute Gasteiger partial charge is 0.151 e. The van der Waals surface area contributed by atoms with Crippen LogP contribution in [0, 0.1) is 0 Å². The summed E-state index contributed by atoms with van der Waals surface area (Å²) in [4.78, 5) is 0. The number of nitrogens with zero attached hydrogens (tertiary/aromatic N) is 1. The number of aromatic nitrogens is 2. The molecular formula is C15H19N3. The van der Waals surface area contributed by atoms with E-state index in [9.17, 15) is 0 Å². The average Bonchev–Trinajstić information content (AvgIpc) is 2.80. The Morgan fingerprint density at radius 1 is 1.39 bits per heavy atom. The first-order chi connectivity index (χ1) is 8.81. The van der Waals surface area contributed by atoms with Gasteiger partial charge in [-0.25, -0.2) is 0 Å². The highest BCUT2D eigenvalue weighted by Crippen LogP contribution is 2.40. The molecule has 1 aliphatic carbocycles. The molecule has 18 heavy (non-hydrogen) atoms. The van der Waals surface area contributed by atoms with Gasteiger partial charge in [0.2, 0.25) is 0 Å². The van der Waals surface area contributed by atoms with E-state index in [1.807, 2.05) is 0 Å². The minimum absolute atomic E-state index is 0.563. The monoisotopic (exact) mass is 241 g/mol. The maximum absolute atomic E-state index is 4.43. The number of anilines is 1. The van der Waals surface area contributed by atoms with Crippen molar-refractivity contribution in [2.75, 3.05) is 11.9 Å². The quantitative estimate of drug-likeness (QED) is 0.862. The highest BCUT2D eigenvalue weighted by Gasteiger charge is 2.25. The molecule has 0 radical (unpaired) electrons. The Hall–Kier alpha value is -1.77. The Bertz CT molecular complexity index is 557. The minimum Gasteiger partial charge on any atom is -0.368 e. The Labute approximate surface area is 108 Å². The number of hydrogen-bond donors (Lipinski definition) is 2. The molecule has 0 aliphatic heterocycles. The standard InChI is InChI=1S/C15H19N3/c1-3-8-16-15-13-9-10(2)11-6-4-5-7-12(11)14(13)17-18-15/h4-7,10H,3,8-9H2,1-2H3,(H2,16,17,18). The van der Waals surface area contributed by atoms with E-state index >= 15 is 0 Å². The van der Waals surface area contributed by atoms with Gasteiger partial charge in [-0.15, -0.1) is 0 Å². The van der Waals surface area contributed by atoms with E-state index in [1.54, 1.807) is 0 Å². The number of aromatic amines is 1. The van der Waals surface area contributed by atoms with Crippen LogP contribution in [0.25, 0.3) is 11.3 Å². The fourth-order valence-electron chi connectivity index (χ4n) is 2.75. The lowest BCUT2D eigenvalue weighted by molar-refractivity contribution is 0.749. The molecular weight excluding hydrogens is 222 g/mol. The molecule has 0 bridgehead atoms. The van der Waals surface area contributed by atoms with Crippen LogP contribution in [0.1, 0.15) is 37.3 Å². The summed E-state index contributed by atoms with van der Waals surface area (Å²) in [7, 11) is 0. The Balaban J connectivity index is 2.05. The summed E-state index contributed by atoms with van der Waals surface area (Å²) in [6, 6.07) is 8.63. The SMILES string of the molecule is CCCNc1n[nH]c2c1CC(C)c1ccccc1-2. The van der Waals surface area contributed by atoms with Crippen molar-refractivity contribution >= 4 is 5.82 Å². The van der Waals surface area contributed by atoms with Gasteiger partial charge in [-0.3, -0.25) is 5.10 Å². The van der Waals surface area contributed by atoms with Gasteiger partial charge in [-0.05, 0) is 24.3 Å². The molecule has 0 amide bonds. The number of fused-ring (bicyclic) bond motifs is 3. The number of hydrogen-bond acceptors (Lipinski definition) is 2. The molecule has 1 unspecified atom stereocenters. The predicted octanol–water partition coefficient (Wildman–Crippen LogP) is 3.56. The van der Waals surface area contributed by atoms with Crippen LogP contribution in [0.2, 0.25) is 0 Å². The first kappa shape index (κ1) is 11.3.